The van der Waals surface area contributed by atoms with Crippen molar-refractivity contribution in [2.45, 2.75) is 25.2 Å². The summed E-state index contributed by atoms with van der Waals surface area (Å²) in [4.78, 5) is 0. The molecule has 4 heteroatoms. The predicted molar refractivity (Wildman–Crippen MR) is 65.0 cm³/mol. The van der Waals surface area contributed by atoms with Gasteiger partial charge in [-0.05, 0) is 43.0 Å². The summed E-state index contributed by atoms with van der Waals surface area (Å²) >= 11 is 0. The molecule has 0 unspecified atom stereocenters. The molecule has 1 aliphatic carbocycles. The van der Waals surface area contributed by atoms with Crippen LogP contribution in [-0.4, -0.2) is 10.2 Å². The molecule has 1 fully saturated rings. The third-order valence-corrected chi connectivity index (χ3v) is 3.48. The van der Waals surface area contributed by atoms with Crippen LogP contribution in [0.5, 0.6) is 0 Å². The average Bonchev–Trinajstić information content (AvgIpc) is 2.61. The van der Waals surface area contributed by atoms with E-state index in [1.165, 1.54) is 18.6 Å². The third kappa shape index (κ3) is 1.69. The van der Waals surface area contributed by atoms with Crippen LogP contribution < -0.4 is 5.73 Å². The number of hydrogen-bond acceptors (Lipinski definition) is 2. The molecule has 0 amide bonds. The van der Waals surface area contributed by atoms with Crippen molar-refractivity contribution in [1.29, 1.82) is 0 Å². The van der Waals surface area contributed by atoms with Gasteiger partial charge in [-0.15, -0.1) is 0 Å². The number of hydrogen-bond donors (Lipinski definition) is 2. The summed E-state index contributed by atoms with van der Waals surface area (Å²) in [5, 5.41) is 7.04. The largest absolute Gasteiger partial charge is 0.382 e. The fourth-order valence-electron chi connectivity index (χ4n) is 2.31. The average molecular weight is 231 g/mol. The molecule has 1 aromatic carbocycles. The third-order valence-electron chi connectivity index (χ3n) is 3.48. The van der Waals surface area contributed by atoms with Crippen LogP contribution in [0.3, 0.4) is 0 Å². The maximum absolute atomic E-state index is 12.9. The normalized spacial score (nSPS) is 15.8. The van der Waals surface area contributed by atoms with Gasteiger partial charge in [0.15, 0.2) is 0 Å². The van der Waals surface area contributed by atoms with Crippen LogP contribution in [0.15, 0.2) is 24.3 Å². The van der Waals surface area contributed by atoms with Gasteiger partial charge in [0.05, 0.1) is 5.69 Å². The summed E-state index contributed by atoms with van der Waals surface area (Å²) in [7, 11) is 0. The molecule has 3 rings (SSSR count). The second-order valence-electron chi connectivity index (χ2n) is 4.53. The highest BCUT2D eigenvalue weighted by Gasteiger charge is 2.26. The van der Waals surface area contributed by atoms with Crippen LogP contribution >= 0.6 is 0 Å². The molecule has 3 N–H and O–H groups in total. The highest BCUT2D eigenvalue weighted by Crippen LogP contribution is 2.42. The molecule has 2 aromatic rings. The van der Waals surface area contributed by atoms with Crippen molar-refractivity contribution in [3.8, 4) is 11.3 Å². The predicted octanol–water partition coefficient (Wildman–Crippen LogP) is 3.07. The Morgan fingerprint density at radius 2 is 1.94 bits per heavy atom. The van der Waals surface area contributed by atoms with Gasteiger partial charge in [-0.25, -0.2) is 4.39 Å². The molecule has 1 aromatic heterocycles. The van der Waals surface area contributed by atoms with Crippen molar-refractivity contribution >= 4 is 5.82 Å². The van der Waals surface area contributed by atoms with Crippen molar-refractivity contribution in [3.05, 3.63) is 35.6 Å². The van der Waals surface area contributed by atoms with Gasteiger partial charge in [0, 0.05) is 11.1 Å². The van der Waals surface area contributed by atoms with E-state index in [0.29, 0.717) is 11.7 Å². The first kappa shape index (κ1) is 10.3. The van der Waals surface area contributed by atoms with E-state index in [4.69, 9.17) is 5.73 Å². The van der Waals surface area contributed by atoms with E-state index in [0.717, 1.165) is 29.7 Å². The van der Waals surface area contributed by atoms with E-state index in [1.807, 2.05) is 0 Å². The first-order valence-electron chi connectivity index (χ1n) is 5.85. The zero-order valence-electron chi connectivity index (χ0n) is 9.41. The first-order chi connectivity index (χ1) is 8.25. The molecule has 0 bridgehead atoms. The fraction of sp³-hybridized carbons (Fsp3) is 0.308. The Morgan fingerprint density at radius 1 is 1.24 bits per heavy atom. The summed E-state index contributed by atoms with van der Waals surface area (Å²) in [5.41, 5.74) is 8.88. The van der Waals surface area contributed by atoms with Crippen molar-refractivity contribution in [2.75, 3.05) is 5.73 Å². The lowest BCUT2D eigenvalue weighted by atomic mass is 9.79. The number of nitrogens with two attached hydrogens (primary N) is 1. The molecule has 1 aliphatic rings. The Bertz CT molecular complexity index is 526. The van der Waals surface area contributed by atoms with E-state index >= 15 is 0 Å². The van der Waals surface area contributed by atoms with Gasteiger partial charge < -0.3 is 5.73 Å². The molecule has 0 atom stereocenters. The molecular formula is C13H14FN3. The van der Waals surface area contributed by atoms with Gasteiger partial charge in [0.2, 0.25) is 0 Å². The highest BCUT2D eigenvalue weighted by atomic mass is 19.1. The molecular weight excluding hydrogens is 217 g/mol. The number of halogens is 1. The Labute approximate surface area is 98.8 Å². The van der Waals surface area contributed by atoms with Crippen LogP contribution in [0.4, 0.5) is 10.2 Å². The molecule has 1 saturated carbocycles. The standard InChI is InChI=1S/C13H14FN3/c14-10-6-4-9(5-7-10)12-11(8-2-1-3-8)13(15)17-16-12/h4-8H,1-3H2,(H3,15,16,17). The minimum absolute atomic E-state index is 0.230. The molecule has 0 spiro atoms. The summed E-state index contributed by atoms with van der Waals surface area (Å²) < 4.78 is 12.9. The fourth-order valence-corrected chi connectivity index (χ4v) is 2.31. The molecule has 88 valence electrons. The molecule has 3 nitrogen and oxygen atoms in total. The smallest absolute Gasteiger partial charge is 0.149 e. The van der Waals surface area contributed by atoms with Gasteiger partial charge in [0.25, 0.3) is 0 Å². The zero-order chi connectivity index (χ0) is 11.8. The van der Waals surface area contributed by atoms with Crippen LogP contribution in [0.2, 0.25) is 0 Å². The van der Waals surface area contributed by atoms with E-state index in [1.54, 1.807) is 12.1 Å². The Hall–Kier alpha value is -1.84. The Morgan fingerprint density at radius 3 is 2.53 bits per heavy atom. The zero-order valence-corrected chi connectivity index (χ0v) is 9.41. The van der Waals surface area contributed by atoms with Crippen LogP contribution in [0, 0.1) is 5.82 Å². The van der Waals surface area contributed by atoms with Crippen molar-refractivity contribution in [1.82, 2.24) is 10.2 Å². The quantitative estimate of drug-likeness (QED) is 0.834. The van der Waals surface area contributed by atoms with Crippen molar-refractivity contribution in [2.24, 2.45) is 0 Å². The number of anilines is 1. The summed E-state index contributed by atoms with van der Waals surface area (Å²) in [6, 6.07) is 6.42. The second kappa shape index (κ2) is 3.87. The first-order valence-corrected chi connectivity index (χ1v) is 5.85. The number of aromatic amines is 1. The van der Waals surface area contributed by atoms with E-state index in [2.05, 4.69) is 10.2 Å². The van der Waals surface area contributed by atoms with Crippen molar-refractivity contribution < 1.29 is 4.39 Å². The van der Waals surface area contributed by atoms with E-state index in [9.17, 15) is 4.39 Å². The maximum Gasteiger partial charge on any atom is 0.149 e. The molecule has 0 radical (unpaired) electrons. The van der Waals surface area contributed by atoms with Crippen LogP contribution in [0.1, 0.15) is 30.7 Å². The number of nitrogens with one attached hydrogen (secondary N) is 1. The number of nitrogens with zero attached hydrogens (tertiary/aromatic N) is 1. The van der Waals surface area contributed by atoms with Gasteiger partial charge in [-0.3, -0.25) is 5.10 Å². The number of rotatable bonds is 2. The number of benzene rings is 1. The second-order valence-corrected chi connectivity index (χ2v) is 4.53. The number of aromatic nitrogens is 2. The number of H-pyrrole nitrogens is 1. The van der Waals surface area contributed by atoms with Crippen LogP contribution in [-0.2, 0) is 0 Å². The minimum atomic E-state index is -0.230. The monoisotopic (exact) mass is 231 g/mol. The Kier molecular flexibility index (Phi) is 2.35. The minimum Gasteiger partial charge on any atom is -0.382 e. The number of nitrogen functional groups attached to an aromatic ring is 1. The lowest BCUT2D eigenvalue weighted by molar-refractivity contribution is 0.422. The summed E-state index contributed by atoms with van der Waals surface area (Å²) in [5.74, 6) is 0.856. The molecule has 17 heavy (non-hydrogen) atoms. The Balaban J connectivity index is 2.05. The molecule has 1 heterocycles. The van der Waals surface area contributed by atoms with Gasteiger partial charge in [-0.1, -0.05) is 6.42 Å². The van der Waals surface area contributed by atoms with Gasteiger partial charge >= 0.3 is 0 Å². The lowest BCUT2D eigenvalue weighted by Crippen LogP contribution is -2.11. The van der Waals surface area contributed by atoms with Crippen LogP contribution in [0.25, 0.3) is 11.3 Å². The lowest BCUT2D eigenvalue weighted by Gasteiger charge is -2.26. The maximum atomic E-state index is 12.9. The van der Waals surface area contributed by atoms with Gasteiger partial charge in [0.1, 0.15) is 11.6 Å². The van der Waals surface area contributed by atoms with Crippen molar-refractivity contribution in [3.63, 3.8) is 0 Å². The topological polar surface area (TPSA) is 54.7 Å². The summed E-state index contributed by atoms with van der Waals surface area (Å²) in [6.45, 7) is 0. The molecule has 0 aliphatic heterocycles. The van der Waals surface area contributed by atoms with E-state index < -0.39 is 0 Å². The molecule has 0 saturated heterocycles. The SMILES string of the molecule is Nc1n[nH]c(-c2ccc(F)cc2)c1C1CCC1. The highest BCUT2D eigenvalue weighted by molar-refractivity contribution is 5.69. The van der Waals surface area contributed by atoms with E-state index in [-0.39, 0.29) is 5.82 Å². The summed E-state index contributed by atoms with van der Waals surface area (Å²) in [6.07, 6.45) is 3.58. The van der Waals surface area contributed by atoms with Gasteiger partial charge in [-0.2, -0.15) is 5.10 Å².